The summed E-state index contributed by atoms with van der Waals surface area (Å²) in [7, 11) is 1.53. The minimum absolute atomic E-state index is 0.325. The number of aryl methyl sites for hydroxylation is 1. The highest BCUT2D eigenvalue weighted by Gasteiger charge is 2.16. The first-order chi connectivity index (χ1) is 9.67. The lowest BCUT2D eigenvalue weighted by Gasteiger charge is -2.13. The van der Waals surface area contributed by atoms with E-state index in [0.717, 1.165) is 18.5 Å². The summed E-state index contributed by atoms with van der Waals surface area (Å²) in [5.74, 6) is 0.722. The second-order valence-electron chi connectivity index (χ2n) is 4.51. The van der Waals surface area contributed by atoms with Crippen molar-refractivity contribution in [1.82, 2.24) is 9.97 Å². The van der Waals surface area contributed by atoms with Crippen LogP contribution < -0.4 is 10.1 Å². The van der Waals surface area contributed by atoms with E-state index in [1.165, 1.54) is 19.5 Å². The first-order valence-corrected chi connectivity index (χ1v) is 6.56. The molecule has 0 aliphatic carbocycles. The van der Waals surface area contributed by atoms with E-state index in [1.807, 2.05) is 6.92 Å². The Morgan fingerprint density at radius 2 is 2.10 bits per heavy atom. The van der Waals surface area contributed by atoms with Gasteiger partial charge in [-0.1, -0.05) is 18.6 Å². The van der Waals surface area contributed by atoms with Crippen molar-refractivity contribution < 1.29 is 9.13 Å². The molecule has 4 nitrogen and oxygen atoms in total. The van der Waals surface area contributed by atoms with Crippen molar-refractivity contribution in [2.75, 3.05) is 19.0 Å². The van der Waals surface area contributed by atoms with Crippen LogP contribution >= 0.6 is 0 Å². The quantitative estimate of drug-likeness (QED) is 0.908. The summed E-state index contributed by atoms with van der Waals surface area (Å²) in [6.45, 7) is 4.73. The zero-order chi connectivity index (χ0) is 14.5. The second-order valence-corrected chi connectivity index (χ2v) is 4.51. The van der Waals surface area contributed by atoms with Gasteiger partial charge in [-0.25, -0.2) is 14.4 Å². The van der Waals surface area contributed by atoms with Crippen LogP contribution in [0.25, 0.3) is 11.3 Å². The van der Waals surface area contributed by atoms with Gasteiger partial charge in [0.2, 0.25) is 0 Å². The highest BCUT2D eigenvalue weighted by Crippen LogP contribution is 2.34. The van der Waals surface area contributed by atoms with Crippen molar-refractivity contribution in [3.63, 3.8) is 0 Å². The largest absolute Gasteiger partial charge is 0.491 e. The Labute approximate surface area is 118 Å². The number of halogens is 1. The zero-order valence-corrected chi connectivity index (χ0v) is 11.9. The van der Waals surface area contributed by atoms with Crippen LogP contribution in [0, 0.1) is 12.7 Å². The van der Waals surface area contributed by atoms with Crippen molar-refractivity contribution in [2.24, 2.45) is 0 Å². The number of anilines is 1. The Balaban J connectivity index is 2.53. The van der Waals surface area contributed by atoms with Crippen molar-refractivity contribution >= 4 is 5.82 Å². The Morgan fingerprint density at radius 1 is 1.30 bits per heavy atom. The molecular formula is C15H18FN3O. The first-order valence-electron chi connectivity index (χ1n) is 6.56. The van der Waals surface area contributed by atoms with Gasteiger partial charge in [0, 0.05) is 12.1 Å². The van der Waals surface area contributed by atoms with Gasteiger partial charge in [0.25, 0.3) is 0 Å². The summed E-state index contributed by atoms with van der Waals surface area (Å²) >= 11 is 0. The lowest BCUT2D eigenvalue weighted by atomic mass is 10.1. The smallest absolute Gasteiger partial charge is 0.187 e. The van der Waals surface area contributed by atoms with Gasteiger partial charge in [0.15, 0.2) is 11.6 Å². The maximum absolute atomic E-state index is 14.0. The van der Waals surface area contributed by atoms with Crippen LogP contribution in [0.5, 0.6) is 5.75 Å². The summed E-state index contributed by atoms with van der Waals surface area (Å²) in [6, 6.07) is 4.91. The van der Waals surface area contributed by atoms with E-state index < -0.39 is 0 Å². The van der Waals surface area contributed by atoms with Crippen LogP contribution in [-0.4, -0.2) is 23.6 Å². The number of ether oxygens (including phenoxy) is 1. The molecule has 1 aromatic carbocycles. The monoisotopic (exact) mass is 275 g/mol. The molecule has 0 spiro atoms. The van der Waals surface area contributed by atoms with Gasteiger partial charge in [-0.2, -0.15) is 0 Å². The molecule has 0 bridgehead atoms. The average Bonchev–Trinajstić information content (AvgIpc) is 2.47. The molecule has 5 heteroatoms. The molecule has 106 valence electrons. The fourth-order valence-corrected chi connectivity index (χ4v) is 1.95. The third-order valence-electron chi connectivity index (χ3n) is 2.93. The maximum Gasteiger partial charge on any atom is 0.187 e. The van der Waals surface area contributed by atoms with Gasteiger partial charge in [0.1, 0.15) is 17.8 Å². The number of aromatic nitrogens is 2. The number of methoxy groups -OCH3 is 1. The lowest BCUT2D eigenvalue weighted by Crippen LogP contribution is -2.06. The van der Waals surface area contributed by atoms with E-state index in [0.29, 0.717) is 22.8 Å². The van der Waals surface area contributed by atoms with Gasteiger partial charge in [0.05, 0.1) is 7.11 Å². The molecule has 0 amide bonds. The summed E-state index contributed by atoms with van der Waals surface area (Å²) in [5, 5.41) is 3.16. The molecule has 0 aliphatic rings. The molecule has 1 N–H and O–H groups in total. The SMILES string of the molecule is CCCNc1ncnc(-c2cc(C)ccc2F)c1OC. The number of nitrogens with zero attached hydrogens (tertiary/aromatic N) is 2. The average molecular weight is 275 g/mol. The summed E-state index contributed by atoms with van der Waals surface area (Å²) in [6.07, 6.45) is 2.37. The van der Waals surface area contributed by atoms with Crippen LogP contribution in [0.15, 0.2) is 24.5 Å². The van der Waals surface area contributed by atoms with Crippen molar-refractivity contribution in [3.8, 4) is 17.0 Å². The summed E-state index contributed by atoms with van der Waals surface area (Å²) in [5.41, 5.74) is 1.84. The van der Waals surface area contributed by atoms with Crippen LogP contribution in [0.1, 0.15) is 18.9 Å². The van der Waals surface area contributed by atoms with Gasteiger partial charge >= 0.3 is 0 Å². The normalized spacial score (nSPS) is 10.4. The topological polar surface area (TPSA) is 47.0 Å². The molecule has 1 heterocycles. The van der Waals surface area contributed by atoms with Gasteiger partial charge in [-0.05, 0) is 25.5 Å². The van der Waals surface area contributed by atoms with Crippen molar-refractivity contribution in [3.05, 3.63) is 35.9 Å². The predicted molar refractivity (Wildman–Crippen MR) is 77.5 cm³/mol. The summed E-state index contributed by atoms with van der Waals surface area (Å²) in [4.78, 5) is 8.33. The van der Waals surface area contributed by atoms with E-state index >= 15 is 0 Å². The van der Waals surface area contributed by atoms with E-state index in [1.54, 1.807) is 12.1 Å². The van der Waals surface area contributed by atoms with Crippen molar-refractivity contribution in [2.45, 2.75) is 20.3 Å². The molecule has 0 unspecified atom stereocenters. The highest BCUT2D eigenvalue weighted by molar-refractivity contribution is 5.73. The Morgan fingerprint density at radius 3 is 2.80 bits per heavy atom. The molecule has 0 radical (unpaired) electrons. The van der Waals surface area contributed by atoms with Gasteiger partial charge in [-0.15, -0.1) is 0 Å². The Bertz CT molecular complexity index is 602. The molecule has 0 atom stereocenters. The number of hydrogen-bond donors (Lipinski definition) is 1. The van der Waals surface area contributed by atoms with Crippen LogP contribution in [-0.2, 0) is 0 Å². The molecule has 1 aromatic heterocycles. The minimum atomic E-state index is -0.325. The van der Waals surface area contributed by atoms with Crippen LogP contribution in [0.3, 0.4) is 0 Å². The van der Waals surface area contributed by atoms with Crippen molar-refractivity contribution in [1.29, 1.82) is 0 Å². The molecular weight excluding hydrogens is 257 g/mol. The Kier molecular flexibility index (Phi) is 4.50. The highest BCUT2D eigenvalue weighted by atomic mass is 19.1. The zero-order valence-electron chi connectivity index (χ0n) is 11.9. The van der Waals surface area contributed by atoms with Gasteiger partial charge in [-0.3, -0.25) is 0 Å². The lowest BCUT2D eigenvalue weighted by molar-refractivity contribution is 0.414. The molecule has 2 aromatic rings. The fraction of sp³-hybridized carbons (Fsp3) is 0.333. The number of nitrogens with one attached hydrogen (secondary N) is 1. The molecule has 0 aliphatic heterocycles. The number of benzene rings is 1. The summed E-state index contributed by atoms with van der Waals surface area (Å²) < 4.78 is 19.4. The molecule has 0 saturated carbocycles. The third kappa shape index (κ3) is 2.87. The third-order valence-corrected chi connectivity index (χ3v) is 2.93. The second kappa shape index (κ2) is 6.32. The fourth-order valence-electron chi connectivity index (χ4n) is 1.95. The number of rotatable bonds is 5. The van der Waals surface area contributed by atoms with E-state index in [-0.39, 0.29) is 5.82 Å². The van der Waals surface area contributed by atoms with E-state index in [9.17, 15) is 4.39 Å². The van der Waals surface area contributed by atoms with E-state index in [2.05, 4.69) is 22.2 Å². The van der Waals surface area contributed by atoms with E-state index in [4.69, 9.17) is 4.74 Å². The first kappa shape index (κ1) is 14.2. The molecule has 0 saturated heterocycles. The van der Waals surface area contributed by atoms with Gasteiger partial charge < -0.3 is 10.1 Å². The Hall–Kier alpha value is -2.17. The standard InChI is InChI=1S/C15H18FN3O/c1-4-7-17-15-14(20-3)13(18-9-19-15)11-8-10(2)5-6-12(11)16/h5-6,8-9H,4,7H2,1-3H3,(H,17,18,19). The molecule has 20 heavy (non-hydrogen) atoms. The maximum atomic E-state index is 14.0. The van der Waals surface area contributed by atoms with Crippen LogP contribution in [0.2, 0.25) is 0 Å². The van der Waals surface area contributed by atoms with Crippen LogP contribution in [0.4, 0.5) is 10.2 Å². The molecule has 0 fully saturated rings. The molecule has 2 rings (SSSR count). The minimum Gasteiger partial charge on any atom is -0.491 e. The predicted octanol–water partition coefficient (Wildman–Crippen LogP) is 3.42. The number of hydrogen-bond acceptors (Lipinski definition) is 4.